The van der Waals surface area contributed by atoms with Crippen LogP contribution in [0, 0.1) is 6.92 Å². The Morgan fingerprint density at radius 2 is 2.00 bits per heavy atom. The van der Waals surface area contributed by atoms with Gasteiger partial charge < -0.3 is 0 Å². The summed E-state index contributed by atoms with van der Waals surface area (Å²) < 4.78 is 33.1. The fourth-order valence-corrected chi connectivity index (χ4v) is 3.70. The van der Waals surface area contributed by atoms with Gasteiger partial charge in [-0.2, -0.15) is 0 Å². The lowest BCUT2D eigenvalue weighted by molar-refractivity contribution is 0.315. The van der Waals surface area contributed by atoms with E-state index in [4.69, 9.17) is 0 Å². The van der Waals surface area contributed by atoms with Crippen LogP contribution in [-0.2, 0) is 10.0 Å². The minimum absolute atomic E-state index is 0.0311. The largest absolute Gasteiger partial charge is 0.279 e. The molecule has 108 valence electrons. The number of rotatable bonds is 3. The molecule has 0 saturated heterocycles. The lowest BCUT2D eigenvalue weighted by atomic mass is 10.2. The number of hydrogen-bond donors (Lipinski definition) is 1. The van der Waals surface area contributed by atoms with Crippen molar-refractivity contribution in [3.05, 3.63) is 46.4 Å². The number of nitrogens with one attached hydrogen (secondary N) is 1. The molecule has 0 unspecified atom stereocenters. The summed E-state index contributed by atoms with van der Waals surface area (Å²) in [6, 6.07) is 9.98. The molecule has 3 aromatic rings. The normalized spacial score (nSPS) is 11.7. The maximum atomic E-state index is 12.5. The van der Waals surface area contributed by atoms with Gasteiger partial charge in [-0.25, -0.2) is 13.0 Å². The molecule has 0 spiro atoms. The van der Waals surface area contributed by atoms with Crippen LogP contribution in [0.15, 0.2) is 50.4 Å². The SMILES string of the molecule is Cc1cc(Br)ccc1NS(=O)(=O)c1cccc2nonc12. The molecule has 21 heavy (non-hydrogen) atoms. The average molecular weight is 368 g/mol. The molecular formula is C13H10BrN3O3S. The van der Waals surface area contributed by atoms with Crippen LogP contribution in [0.4, 0.5) is 5.69 Å². The van der Waals surface area contributed by atoms with Crippen LogP contribution in [0.25, 0.3) is 11.0 Å². The van der Waals surface area contributed by atoms with Crippen LogP contribution in [0.3, 0.4) is 0 Å². The molecule has 0 atom stereocenters. The van der Waals surface area contributed by atoms with Gasteiger partial charge in [0, 0.05) is 4.47 Å². The Hall–Kier alpha value is -1.93. The van der Waals surface area contributed by atoms with Gasteiger partial charge in [0.1, 0.15) is 10.4 Å². The van der Waals surface area contributed by atoms with Crippen molar-refractivity contribution >= 4 is 42.7 Å². The second-order valence-corrected chi connectivity index (χ2v) is 7.02. The molecule has 0 fully saturated rings. The lowest BCUT2D eigenvalue weighted by Gasteiger charge is -2.10. The van der Waals surface area contributed by atoms with Crippen LogP contribution in [0.2, 0.25) is 0 Å². The van der Waals surface area contributed by atoms with Gasteiger partial charge in [0.05, 0.1) is 5.69 Å². The molecule has 1 heterocycles. The van der Waals surface area contributed by atoms with Gasteiger partial charge in [0.2, 0.25) is 0 Å². The van der Waals surface area contributed by atoms with E-state index in [1.807, 2.05) is 13.0 Å². The second kappa shape index (κ2) is 5.12. The zero-order valence-corrected chi connectivity index (χ0v) is 13.3. The number of aromatic nitrogens is 2. The monoisotopic (exact) mass is 367 g/mol. The number of benzene rings is 2. The van der Waals surface area contributed by atoms with Crippen molar-refractivity contribution in [3.8, 4) is 0 Å². The molecule has 0 saturated carbocycles. The number of aryl methyl sites for hydroxylation is 1. The molecule has 0 amide bonds. The van der Waals surface area contributed by atoms with Gasteiger partial charge in [0.15, 0.2) is 5.52 Å². The molecule has 3 rings (SSSR count). The Balaban J connectivity index is 2.06. The maximum Gasteiger partial charge on any atom is 0.264 e. The predicted octanol–water partition coefficient (Wildman–Crippen LogP) is 3.09. The Labute approximate surface area is 129 Å². The molecule has 8 heteroatoms. The number of fused-ring (bicyclic) bond motifs is 1. The quantitative estimate of drug-likeness (QED) is 0.768. The highest BCUT2D eigenvalue weighted by Crippen LogP contribution is 2.25. The van der Waals surface area contributed by atoms with Crippen molar-refractivity contribution < 1.29 is 13.0 Å². The molecule has 0 aliphatic carbocycles. The number of sulfonamides is 1. The highest BCUT2D eigenvalue weighted by atomic mass is 79.9. The number of hydrogen-bond acceptors (Lipinski definition) is 5. The standard InChI is InChI=1S/C13H10BrN3O3S/c1-8-7-9(14)5-6-10(8)17-21(18,19)12-4-2-3-11-13(12)16-20-15-11/h2-7,17H,1H3. The van der Waals surface area contributed by atoms with E-state index in [0.717, 1.165) is 10.0 Å². The van der Waals surface area contributed by atoms with E-state index < -0.39 is 10.0 Å². The minimum Gasteiger partial charge on any atom is -0.279 e. The van der Waals surface area contributed by atoms with Crippen molar-refractivity contribution in [2.45, 2.75) is 11.8 Å². The summed E-state index contributed by atoms with van der Waals surface area (Å²) in [6.07, 6.45) is 0. The van der Waals surface area contributed by atoms with Crippen molar-refractivity contribution in [1.82, 2.24) is 10.3 Å². The van der Waals surface area contributed by atoms with E-state index in [0.29, 0.717) is 11.2 Å². The zero-order chi connectivity index (χ0) is 15.0. The third kappa shape index (κ3) is 2.64. The summed E-state index contributed by atoms with van der Waals surface area (Å²) in [5, 5.41) is 7.29. The van der Waals surface area contributed by atoms with Gasteiger partial charge in [-0.1, -0.05) is 22.0 Å². The first-order valence-corrected chi connectivity index (χ1v) is 8.25. The molecule has 0 radical (unpaired) electrons. The van der Waals surface area contributed by atoms with Crippen LogP contribution in [-0.4, -0.2) is 18.7 Å². The van der Waals surface area contributed by atoms with Crippen molar-refractivity contribution in [2.75, 3.05) is 4.72 Å². The van der Waals surface area contributed by atoms with Crippen molar-refractivity contribution in [1.29, 1.82) is 0 Å². The van der Waals surface area contributed by atoms with Crippen LogP contribution in [0.5, 0.6) is 0 Å². The van der Waals surface area contributed by atoms with Crippen LogP contribution in [0.1, 0.15) is 5.56 Å². The Morgan fingerprint density at radius 1 is 1.19 bits per heavy atom. The lowest BCUT2D eigenvalue weighted by Crippen LogP contribution is -2.14. The van der Waals surface area contributed by atoms with Crippen LogP contribution < -0.4 is 4.72 Å². The Kier molecular flexibility index (Phi) is 3.42. The van der Waals surface area contributed by atoms with E-state index in [2.05, 4.69) is 35.6 Å². The van der Waals surface area contributed by atoms with Crippen molar-refractivity contribution in [2.24, 2.45) is 0 Å². The molecule has 0 aliphatic rings. The van der Waals surface area contributed by atoms with E-state index in [1.165, 1.54) is 6.07 Å². The molecule has 2 aromatic carbocycles. The highest BCUT2D eigenvalue weighted by molar-refractivity contribution is 9.10. The number of nitrogens with zero attached hydrogens (tertiary/aromatic N) is 2. The maximum absolute atomic E-state index is 12.5. The van der Waals surface area contributed by atoms with Crippen LogP contribution >= 0.6 is 15.9 Å². The average Bonchev–Trinajstić information content (AvgIpc) is 2.90. The summed E-state index contributed by atoms with van der Waals surface area (Å²) in [7, 11) is -3.77. The fourth-order valence-electron chi connectivity index (χ4n) is 1.94. The predicted molar refractivity (Wildman–Crippen MR) is 81.5 cm³/mol. The molecule has 1 N–H and O–H groups in total. The summed E-state index contributed by atoms with van der Waals surface area (Å²) in [5.41, 5.74) is 1.91. The highest BCUT2D eigenvalue weighted by Gasteiger charge is 2.21. The summed E-state index contributed by atoms with van der Waals surface area (Å²) in [6.45, 7) is 1.82. The van der Waals surface area contributed by atoms with Crippen molar-refractivity contribution in [3.63, 3.8) is 0 Å². The van der Waals surface area contributed by atoms with Gasteiger partial charge in [0.25, 0.3) is 10.0 Å². The second-order valence-electron chi connectivity index (χ2n) is 4.45. The Bertz CT molecular complexity index is 921. The summed E-state index contributed by atoms with van der Waals surface area (Å²) in [4.78, 5) is 0.0311. The van der Waals surface area contributed by atoms with E-state index in [-0.39, 0.29) is 10.4 Å². The van der Waals surface area contributed by atoms with E-state index >= 15 is 0 Å². The Morgan fingerprint density at radius 3 is 2.76 bits per heavy atom. The topological polar surface area (TPSA) is 85.1 Å². The third-order valence-electron chi connectivity index (χ3n) is 2.97. The smallest absolute Gasteiger partial charge is 0.264 e. The molecule has 0 aliphatic heterocycles. The zero-order valence-electron chi connectivity index (χ0n) is 10.9. The third-order valence-corrected chi connectivity index (χ3v) is 4.86. The first-order chi connectivity index (χ1) is 9.97. The summed E-state index contributed by atoms with van der Waals surface area (Å²) >= 11 is 3.34. The summed E-state index contributed by atoms with van der Waals surface area (Å²) in [5.74, 6) is 0. The molecular weight excluding hydrogens is 358 g/mol. The molecule has 0 bridgehead atoms. The van der Waals surface area contributed by atoms with E-state index in [9.17, 15) is 8.42 Å². The first kappa shape index (κ1) is 14.0. The van der Waals surface area contributed by atoms with Gasteiger partial charge in [-0.15, -0.1) is 0 Å². The first-order valence-electron chi connectivity index (χ1n) is 5.97. The number of halogens is 1. The van der Waals surface area contributed by atoms with Gasteiger partial charge in [-0.05, 0) is 53.1 Å². The molecule has 6 nitrogen and oxygen atoms in total. The minimum atomic E-state index is -3.77. The van der Waals surface area contributed by atoms with Gasteiger partial charge in [-0.3, -0.25) is 4.72 Å². The molecule has 1 aromatic heterocycles. The fraction of sp³-hybridized carbons (Fsp3) is 0.0769. The van der Waals surface area contributed by atoms with E-state index in [1.54, 1.807) is 24.3 Å². The van der Waals surface area contributed by atoms with Gasteiger partial charge >= 0.3 is 0 Å². The number of anilines is 1.